The Morgan fingerprint density at radius 2 is 1.06 bits per heavy atom. The molecule has 2 nitrogen and oxygen atoms in total. The van der Waals surface area contributed by atoms with Crippen molar-refractivity contribution in [3.8, 4) is 0 Å². The van der Waals surface area contributed by atoms with Crippen molar-refractivity contribution in [3.05, 3.63) is 0 Å². The van der Waals surface area contributed by atoms with Gasteiger partial charge in [-0.05, 0) is 6.42 Å². The van der Waals surface area contributed by atoms with Crippen LogP contribution in [-0.4, -0.2) is 11.1 Å². The van der Waals surface area contributed by atoms with Crippen LogP contribution in [0, 0.1) is 0 Å². The van der Waals surface area contributed by atoms with Gasteiger partial charge in [0.15, 0.2) is 0 Å². The van der Waals surface area contributed by atoms with Crippen LogP contribution in [-0.2, 0) is 4.79 Å². The molecular formula is C15H31FO2. The number of hydrogen-bond acceptors (Lipinski definition) is 1. The summed E-state index contributed by atoms with van der Waals surface area (Å²) in [6, 6.07) is 0. The maximum absolute atomic E-state index is 10.3. The molecule has 0 fully saturated rings. The minimum absolute atomic E-state index is 0. The van der Waals surface area contributed by atoms with E-state index in [1.54, 1.807) is 0 Å². The molecule has 18 heavy (non-hydrogen) atoms. The number of carbonyl (C=O) groups is 1. The molecule has 0 aromatic carbocycles. The number of carboxylic acids is 1. The monoisotopic (exact) mass is 262 g/mol. The summed E-state index contributed by atoms with van der Waals surface area (Å²) in [5.41, 5.74) is 0. The summed E-state index contributed by atoms with van der Waals surface area (Å²) in [5, 5.41) is 8.47. The number of halogens is 1. The Kier molecular flexibility index (Phi) is 18.0. The summed E-state index contributed by atoms with van der Waals surface area (Å²) in [7, 11) is 0. The van der Waals surface area contributed by atoms with Crippen LogP contribution >= 0.6 is 0 Å². The standard InChI is InChI=1S/C15H30O2.FH/c1-2-3-4-5-6-7-8-9-10-11-12-13-14-15(16)17;/h2-14H2,1H3,(H,16,17);1H. The first-order valence-corrected chi connectivity index (χ1v) is 7.49. The fourth-order valence-corrected chi connectivity index (χ4v) is 2.12. The molecule has 0 aliphatic heterocycles. The van der Waals surface area contributed by atoms with Gasteiger partial charge >= 0.3 is 5.97 Å². The first-order chi connectivity index (χ1) is 8.27. The maximum Gasteiger partial charge on any atom is 0.303 e. The van der Waals surface area contributed by atoms with Gasteiger partial charge in [0.25, 0.3) is 0 Å². The van der Waals surface area contributed by atoms with Crippen LogP contribution in [0.4, 0.5) is 4.70 Å². The molecule has 0 saturated carbocycles. The molecule has 0 heterocycles. The second-order valence-corrected chi connectivity index (χ2v) is 5.03. The van der Waals surface area contributed by atoms with Crippen LogP contribution < -0.4 is 0 Å². The Bertz CT molecular complexity index is 172. The summed E-state index contributed by atoms with van der Waals surface area (Å²) in [4.78, 5) is 10.3. The van der Waals surface area contributed by atoms with E-state index in [-0.39, 0.29) is 4.70 Å². The molecule has 1 N–H and O–H groups in total. The van der Waals surface area contributed by atoms with Crippen LogP contribution in [0.2, 0.25) is 0 Å². The van der Waals surface area contributed by atoms with Crippen LogP contribution in [0.15, 0.2) is 0 Å². The van der Waals surface area contributed by atoms with E-state index in [9.17, 15) is 4.79 Å². The molecule has 0 radical (unpaired) electrons. The van der Waals surface area contributed by atoms with Crippen molar-refractivity contribution in [1.82, 2.24) is 0 Å². The fourth-order valence-electron chi connectivity index (χ4n) is 2.12. The summed E-state index contributed by atoms with van der Waals surface area (Å²) in [5.74, 6) is -0.655. The number of aliphatic carboxylic acids is 1. The van der Waals surface area contributed by atoms with E-state index in [4.69, 9.17) is 5.11 Å². The predicted molar refractivity (Wildman–Crippen MR) is 75.8 cm³/mol. The molecular weight excluding hydrogens is 231 g/mol. The highest BCUT2D eigenvalue weighted by molar-refractivity contribution is 5.66. The number of carboxylic acid groups (broad SMARTS) is 1. The largest absolute Gasteiger partial charge is 0.481 e. The zero-order chi connectivity index (χ0) is 12.8. The Labute approximate surface area is 112 Å². The van der Waals surface area contributed by atoms with E-state index >= 15 is 0 Å². The molecule has 0 amide bonds. The Morgan fingerprint density at radius 3 is 1.39 bits per heavy atom. The van der Waals surface area contributed by atoms with Gasteiger partial charge < -0.3 is 5.11 Å². The van der Waals surface area contributed by atoms with Gasteiger partial charge in [-0.15, -0.1) is 0 Å². The normalized spacial score (nSPS) is 10.1. The first kappa shape index (κ1) is 19.7. The van der Waals surface area contributed by atoms with E-state index in [0.29, 0.717) is 6.42 Å². The third-order valence-corrected chi connectivity index (χ3v) is 3.24. The van der Waals surface area contributed by atoms with Gasteiger partial charge in [0.1, 0.15) is 0 Å². The van der Waals surface area contributed by atoms with E-state index in [0.717, 1.165) is 12.8 Å². The Hall–Kier alpha value is -0.600. The van der Waals surface area contributed by atoms with Crippen molar-refractivity contribution < 1.29 is 14.6 Å². The highest BCUT2D eigenvalue weighted by atomic mass is 19.0. The molecule has 0 rings (SSSR count). The van der Waals surface area contributed by atoms with E-state index < -0.39 is 5.97 Å². The van der Waals surface area contributed by atoms with E-state index in [1.165, 1.54) is 64.2 Å². The minimum Gasteiger partial charge on any atom is -0.481 e. The van der Waals surface area contributed by atoms with Crippen LogP contribution in [0.5, 0.6) is 0 Å². The van der Waals surface area contributed by atoms with Crippen LogP contribution in [0.25, 0.3) is 0 Å². The van der Waals surface area contributed by atoms with Crippen molar-refractivity contribution >= 4 is 5.97 Å². The molecule has 3 heteroatoms. The molecule has 0 aliphatic rings. The predicted octanol–water partition coefficient (Wildman–Crippen LogP) is 5.31. The molecule has 0 spiro atoms. The summed E-state index contributed by atoms with van der Waals surface area (Å²) >= 11 is 0. The maximum atomic E-state index is 10.3. The first-order valence-electron chi connectivity index (χ1n) is 7.49. The lowest BCUT2D eigenvalue weighted by molar-refractivity contribution is -0.137. The smallest absolute Gasteiger partial charge is 0.303 e. The summed E-state index contributed by atoms with van der Waals surface area (Å²) < 4.78 is 0. The molecule has 0 bridgehead atoms. The molecule has 0 saturated heterocycles. The van der Waals surface area contributed by atoms with E-state index in [2.05, 4.69) is 6.92 Å². The molecule has 0 unspecified atom stereocenters. The second kappa shape index (κ2) is 16.4. The van der Waals surface area contributed by atoms with Crippen molar-refractivity contribution in [2.75, 3.05) is 0 Å². The third kappa shape index (κ3) is 17.8. The van der Waals surface area contributed by atoms with Gasteiger partial charge in [0.05, 0.1) is 0 Å². The third-order valence-electron chi connectivity index (χ3n) is 3.24. The number of hydrogen-bond donors (Lipinski definition) is 1. The minimum atomic E-state index is -0.655. The lowest BCUT2D eigenvalue weighted by Gasteiger charge is -2.02. The lowest BCUT2D eigenvalue weighted by Crippen LogP contribution is -1.93. The average Bonchev–Trinajstić information content (AvgIpc) is 2.30. The van der Waals surface area contributed by atoms with Gasteiger partial charge in [-0.2, -0.15) is 0 Å². The molecule has 0 aromatic heterocycles. The SMILES string of the molecule is CCCCCCCCCCCCCCC(=O)O.F. The highest BCUT2D eigenvalue weighted by Gasteiger charge is 1.96. The molecule has 0 atom stereocenters. The van der Waals surface area contributed by atoms with Crippen molar-refractivity contribution in [3.63, 3.8) is 0 Å². The molecule has 110 valence electrons. The zero-order valence-electron chi connectivity index (χ0n) is 12.0. The van der Waals surface area contributed by atoms with Crippen LogP contribution in [0.1, 0.15) is 90.4 Å². The van der Waals surface area contributed by atoms with Gasteiger partial charge in [-0.1, -0.05) is 77.6 Å². The topological polar surface area (TPSA) is 37.3 Å². The van der Waals surface area contributed by atoms with Gasteiger partial charge in [0, 0.05) is 6.42 Å². The number of rotatable bonds is 13. The average molecular weight is 262 g/mol. The lowest BCUT2D eigenvalue weighted by atomic mass is 10.0. The van der Waals surface area contributed by atoms with E-state index in [1.807, 2.05) is 0 Å². The van der Waals surface area contributed by atoms with Gasteiger partial charge in [0.2, 0.25) is 0 Å². The summed E-state index contributed by atoms with van der Waals surface area (Å²) in [6.07, 6.45) is 15.8. The van der Waals surface area contributed by atoms with Gasteiger partial charge in [-0.25, -0.2) is 0 Å². The molecule has 0 aromatic rings. The van der Waals surface area contributed by atoms with Crippen LogP contribution in [0.3, 0.4) is 0 Å². The zero-order valence-corrected chi connectivity index (χ0v) is 12.0. The molecule has 0 aliphatic carbocycles. The summed E-state index contributed by atoms with van der Waals surface area (Å²) in [6.45, 7) is 2.25. The number of unbranched alkanes of at least 4 members (excludes halogenated alkanes) is 11. The Morgan fingerprint density at radius 1 is 0.722 bits per heavy atom. The van der Waals surface area contributed by atoms with Gasteiger partial charge in [-0.3, -0.25) is 9.50 Å². The van der Waals surface area contributed by atoms with Crippen molar-refractivity contribution in [1.29, 1.82) is 0 Å². The second-order valence-electron chi connectivity index (χ2n) is 5.03. The highest BCUT2D eigenvalue weighted by Crippen LogP contribution is 2.12. The fraction of sp³-hybridized carbons (Fsp3) is 0.933. The van der Waals surface area contributed by atoms with Crippen molar-refractivity contribution in [2.24, 2.45) is 0 Å². The quantitative estimate of drug-likeness (QED) is 0.456. The Balaban J connectivity index is 0. The van der Waals surface area contributed by atoms with Crippen molar-refractivity contribution in [2.45, 2.75) is 90.4 Å².